The summed E-state index contributed by atoms with van der Waals surface area (Å²) >= 11 is 6.32. The van der Waals surface area contributed by atoms with Gasteiger partial charge in [-0.25, -0.2) is 4.98 Å². The first-order valence-electron chi connectivity index (χ1n) is 5.43. The molecule has 21 heavy (non-hydrogen) atoms. The highest BCUT2D eigenvalue weighted by molar-refractivity contribution is 7.99. The zero-order chi connectivity index (χ0) is 15.6. The third kappa shape index (κ3) is 3.85. The number of benzene rings is 1. The van der Waals surface area contributed by atoms with Gasteiger partial charge in [0.2, 0.25) is 0 Å². The van der Waals surface area contributed by atoms with Crippen LogP contribution in [0.15, 0.2) is 46.3 Å². The van der Waals surface area contributed by atoms with Crippen molar-refractivity contribution in [2.75, 3.05) is 0 Å². The number of nitrogens with zero attached hydrogens (tertiary/aromatic N) is 2. The van der Waals surface area contributed by atoms with Crippen molar-refractivity contribution in [1.82, 2.24) is 4.98 Å². The molecule has 0 saturated carbocycles. The summed E-state index contributed by atoms with van der Waals surface area (Å²) in [7, 11) is 0. The highest BCUT2D eigenvalue weighted by Crippen LogP contribution is 2.37. The molecule has 1 aromatic carbocycles. The van der Waals surface area contributed by atoms with E-state index in [-0.39, 0.29) is 20.8 Å². The van der Waals surface area contributed by atoms with Crippen LogP contribution in [0, 0.1) is 10.1 Å². The van der Waals surface area contributed by atoms with E-state index >= 15 is 0 Å². The third-order valence-corrected chi connectivity index (χ3v) is 3.55. The first-order chi connectivity index (χ1) is 9.77. The van der Waals surface area contributed by atoms with Crippen molar-refractivity contribution < 1.29 is 18.1 Å². The van der Waals surface area contributed by atoms with Gasteiger partial charge in [0, 0.05) is 6.07 Å². The summed E-state index contributed by atoms with van der Waals surface area (Å²) in [6.07, 6.45) is -4.56. The monoisotopic (exact) mass is 334 g/mol. The first-order valence-corrected chi connectivity index (χ1v) is 6.63. The SMILES string of the molecule is O=[N+]([O-])c1ccccc1Sc1cc(C(F)(F)F)cc(Cl)n1. The number of aromatic nitrogens is 1. The van der Waals surface area contributed by atoms with Crippen molar-refractivity contribution in [2.24, 2.45) is 0 Å². The van der Waals surface area contributed by atoms with E-state index in [2.05, 4.69) is 4.98 Å². The van der Waals surface area contributed by atoms with Crippen LogP contribution in [0.5, 0.6) is 0 Å². The molecular formula is C12H6ClF3N2O2S. The minimum absolute atomic E-state index is 0.0656. The molecule has 1 heterocycles. The normalized spacial score (nSPS) is 11.4. The molecule has 2 aromatic rings. The van der Waals surface area contributed by atoms with E-state index in [1.54, 1.807) is 6.07 Å². The first kappa shape index (κ1) is 15.6. The van der Waals surface area contributed by atoms with Crippen LogP contribution < -0.4 is 0 Å². The van der Waals surface area contributed by atoms with Gasteiger partial charge in [-0.05, 0) is 18.2 Å². The molecule has 0 fully saturated rings. The van der Waals surface area contributed by atoms with Crippen molar-refractivity contribution in [2.45, 2.75) is 16.1 Å². The van der Waals surface area contributed by atoms with Gasteiger partial charge in [-0.2, -0.15) is 13.2 Å². The van der Waals surface area contributed by atoms with Gasteiger partial charge in [-0.1, -0.05) is 35.5 Å². The number of para-hydroxylation sites is 1. The molecule has 0 atom stereocenters. The highest BCUT2D eigenvalue weighted by Gasteiger charge is 2.31. The summed E-state index contributed by atoms with van der Waals surface area (Å²) in [6, 6.07) is 7.20. The summed E-state index contributed by atoms with van der Waals surface area (Å²) in [5.74, 6) is 0. The molecular weight excluding hydrogens is 329 g/mol. The van der Waals surface area contributed by atoms with Gasteiger partial charge in [-0.3, -0.25) is 10.1 Å². The van der Waals surface area contributed by atoms with Crippen LogP contribution in [0.3, 0.4) is 0 Å². The summed E-state index contributed by atoms with van der Waals surface area (Å²) in [6.45, 7) is 0. The number of halogens is 4. The van der Waals surface area contributed by atoms with Crippen LogP contribution in [0.4, 0.5) is 18.9 Å². The number of alkyl halides is 3. The Morgan fingerprint density at radius 1 is 1.24 bits per heavy atom. The second kappa shape index (κ2) is 5.90. The number of hydrogen-bond donors (Lipinski definition) is 0. The second-order valence-electron chi connectivity index (χ2n) is 3.84. The summed E-state index contributed by atoms with van der Waals surface area (Å²) < 4.78 is 38.1. The molecule has 0 bridgehead atoms. The average molecular weight is 335 g/mol. The van der Waals surface area contributed by atoms with E-state index in [1.807, 2.05) is 0 Å². The Labute approximate surface area is 126 Å². The van der Waals surface area contributed by atoms with E-state index in [4.69, 9.17) is 11.6 Å². The summed E-state index contributed by atoms with van der Waals surface area (Å²) in [5, 5.41) is 10.5. The van der Waals surface area contributed by atoms with E-state index in [1.165, 1.54) is 18.2 Å². The maximum Gasteiger partial charge on any atom is 0.416 e. The molecule has 4 nitrogen and oxygen atoms in total. The van der Waals surface area contributed by atoms with Gasteiger partial charge >= 0.3 is 6.18 Å². The maximum absolute atomic E-state index is 12.7. The molecule has 1 aromatic heterocycles. The molecule has 9 heteroatoms. The smallest absolute Gasteiger partial charge is 0.258 e. The minimum atomic E-state index is -4.56. The molecule has 110 valence electrons. The van der Waals surface area contributed by atoms with Crippen molar-refractivity contribution >= 4 is 29.1 Å². The Morgan fingerprint density at radius 3 is 2.52 bits per heavy atom. The largest absolute Gasteiger partial charge is 0.416 e. The quantitative estimate of drug-likeness (QED) is 0.459. The van der Waals surface area contributed by atoms with Gasteiger partial charge in [0.1, 0.15) is 10.2 Å². The molecule has 0 aliphatic rings. The zero-order valence-electron chi connectivity index (χ0n) is 10.1. The fourth-order valence-corrected chi connectivity index (χ4v) is 2.70. The summed E-state index contributed by atoms with van der Waals surface area (Å²) in [4.78, 5) is 14.2. The minimum Gasteiger partial charge on any atom is -0.258 e. The lowest BCUT2D eigenvalue weighted by Crippen LogP contribution is -2.05. The molecule has 2 rings (SSSR count). The third-order valence-electron chi connectivity index (χ3n) is 2.37. The van der Waals surface area contributed by atoms with Crippen LogP contribution in [-0.4, -0.2) is 9.91 Å². The number of rotatable bonds is 3. The van der Waals surface area contributed by atoms with Crippen LogP contribution in [0.2, 0.25) is 5.15 Å². The van der Waals surface area contributed by atoms with Gasteiger partial charge in [0.05, 0.1) is 15.4 Å². The molecule has 0 radical (unpaired) electrons. The Morgan fingerprint density at radius 2 is 1.90 bits per heavy atom. The number of nitro benzene ring substituents is 1. The lowest BCUT2D eigenvalue weighted by atomic mass is 10.3. The average Bonchev–Trinajstić information content (AvgIpc) is 2.37. The van der Waals surface area contributed by atoms with E-state index < -0.39 is 16.7 Å². The number of hydrogen-bond acceptors (Lipinski definition) is 4. The van der Waals surface area contributed by atoms with Crippen molar-refractivity contribution in [3.05, 3.63) is 57.2 Å². The predicted octanol–water partition coefficient (Wildman–Crippen LogP) is 4.81. The standard InChI is InChI=1S/C12H6ClF3N2O2S/c13-10-5-7(12(14,15)16)6-11(17-10)21-9-4-2-1-3-8(9)18(19)20/h1-6H. The molecule has 0 aliphatic carbocycles. The van der Waals surface area contributed by atoms with Crippen LogP contribution >= 0.6 is 23.4 Å². The fourth-order valence-electron chi connectivity index (χ4n) is 1.50. The zero-order valence-corrected chi connectivity index (χ0v) is 11.7. The van der Waals surface area contributed by atoms with Gasteiger partial charge in [0.25, 0.3) is 5.69 Å². The van der Waals surface area contributed by atoms with E-state index in [0.29, 0.717) is 6.07 Å². The van der Waals surface area contributed by atoms with Gasteiger partial charge in [0.15, 0.2) is 0 Å². The predicted molar refractivity (Wildman–Crippen MR) is 71.5 cm³/mol. The molecule has 0 unspecified atom stereocenters. The maximum atomic E-state index is 12.7. The fraction of sp³-hybridized carbons (Fsp3) is 0.0833. The molecule has 0 N–H and O–H groups in total. The van der Waals surface area contributed by atoms with Crippen LogP contribution in [0.1, 0.15) is 5.56 Å². The lowest BCUT2D eigenvalue weighted by molar-refractivity contribution is -0.387. The van der Waals surface area contributed by atoms with Gasteiger partial charge < -0.3 is 0 Å². The Bertz CT molecular complexity index is 694. The second-order valence-corrected chi connectivity index (χ2v) is 5.29. The molecule has 0 aliphatic heterocycles. The van der Waals surface area contributed by atoms with E-state index in [9.17, 15) is 23.3 Å². The Balaban J connectivity index is 2.41. The van der Waals surface area contributed by atoms with Crippen molar-refractivity contribution in [3.63, 3.8) is 0 Å². The Kier molecular flexibility index (Phi) is 4.38. The van der Waals surface area contributed by atoms with Crippen LogP contribution in [-0.2, 0) is 6.18 Å². The molecule has 0 saturated heterocycles. The molecule has 0 amide bonds. The Hall–Kier alpha value is -1.80. The van der Waals surface area contributed by atoms with Crippen molar-refractivity contribution in [1.29, 1.82) is 0 Å². The lowest BCUT2D eigenvalue weighted by Gasteiger charge is -2.09. The number of nitro groups is 1. The highest BCUT2D eigenvalue weighted by atomic mass is 35.5. The summed E-state index contributed by atoms with van der Waals surface area (Å²) in [5.41, 5.74) is -1.17. The van der Waals surface area contributed by atoms with E-state index in [0.717, 1.165) is 17.8 Å². The molecule has 0 spiro atoms. The van der Waals surface area contributed by atoms with Crippen LogP contribution in [0.25, 0.3) is 0 Å². The number of pyridine rings is 1. The topological polar surface area (TPSA) is 56.0 Å². The van der Waals surface area contributed by atoms with Gasteiger partial charge in [-0.15, -0.1) is 0 Å². The van der Waals surface area contributed by atoms with Crippen molar-refractivity contribution in [3.8, 4) is 0 Å².